The summed E-state index contributed by atoms with van der Waals surface area (Å²) in [6, 6.07) is 23.8. The summed E-state index contributed by atoms with van der Waals surface area (Å²) in [5.74, 6) is -0.695. The molecule has 1 aliphatic carbocycles. The Morgan fingerprint density at radius 1 is 0.966 bits per heavy atom. The number of fused-ring (bicyclic) bond motifs is 2. The molecule has 1 aliphatic rings. The normalized spacial score (nSPS) is 15.7. The topological polar surface area (TPSA) is 63.3 Å². The Bertz CT molecular complexity index is 988. The maximum atomic E-state index is 11.5. The Labute approximate surface area is 179 Å². The van der Waals surface area contributed by atoms with Gasteiger partial charge in [0.25, 0.3) is 0 Å². The number of rotatable bonds is 5. The SMILES string of the molecule is N[C@@H](CSC1(c2ccc(Cl)cc2)c2ccccc2CCc2ccccc21)C(=O)O. The van der Waals surface area contributed by atoms with Gasteiger partial charge >= 0.3 is 5.97 Å². The Morgan fingerprint density at radius 3 is 2.00 bits per heavy atom. The molecular formula is C24H22ClNO2S. The van der Waals surface area contributed by atoms with Gasteiger partial charge in [-0.25, -0.2) is 0 Å². The molecule has 3 aromatic carbocycles. The van der Waals surface area contributed by atoms with Crippen LogP contribution in [0.25, 0.3) is 0 Å². The number of benzene rings is 3. The maximum Gasteiger partial charge on any atom is 0.321 e. The van der Waals surface area contributed by atoms with Crippen molar-refractivity contribution in [1.29, 1.82) is 0 Å². The fraction of sp³-hybridized carbons (Fsp3) is 0.208. The minimum absolute atomic E-state index is 0.292. The first-order chi connectivity index (χ1) is 14.0. The number of halogens is 1. The molecule has 148 valence electrons. The molecule has 3 N–H and O–H groups in total. The molecule has 0 fully saturated rings. The van der Waals surface area contributed by atoms with Gasteiger partial charge in [0.2, 0.25) is 0 Å². The van der Waals surface area contributed by atoms with Gasteiger partial charge in [0.1, 0.15) is 6.04 Å². The van der Waals surface area contributed by atoms with Crippen molar-refractivity contribution in [3.05, 3.63) is 106 Å². The van der Waals surface area contributed by atoms with Gasteiger partial charge in [-0.05, 0) is 52.8 Å². The number of carboxylic acid groups (broad SMARTS) is 1. The number of nitrogens with two attached hydrogens (primary N) is 1. The molecule has 0 aliphatic heterocycles. The lowest BCUT2D eigenvalue weighted by Crippen LogP contribution is -2.36. The maximum absolute atomic E-state index is 11.5. The van der Waals surface area contributed by atoms with E-state index in [0.29, 0.717) is 10.8 Å². The van der Waals surface area contributed by atoms with E-state index in [0.717, 1.165) is 18.4 Å². The number of aryl methyl sites for hydroxylation is 2. The second-order valence-electron chi connectivity index (χ2n) is 7.26. The van der Waals surface area contributed by atoms with Crippen molar-refractivity contribution in [2.24, 2.45) is 5.73 Å². The smallest absolute Gasteiger partial charge is 0.321 e. The van der Waals surface area contributed by atoms with Crippen molar-refractivity contribution in [3.63, 3.8) is 0 Å². The Hall–Kier alpha value is -2.27. The molecule has 0 radical (unpaired) electrons. The van der Waals surface area contributed by atoms with Crippen molar-refractivity contribution in [2.45, 2.75) is 23.6 Å². The summed E-state index contributed by atoms with van der Waals surface area (Å²) in [4.78, 5) is 11.5. The second-order valence-corrected chi connectivity index (χ2v) is 8.93. The van der Waals surface area contributed by atoms with Crippen LogP contribution in [-0.4, -0.2) is 22.9 Å². The molecule has 4 rings (SSSR count). The fourth-order valence-electron chi connectivity index (χ4n) is 4.10. The molecule has 0 spiro atoms. The van der Waals surface area contributed by atoms with Gasteiger partial charge in [-0.2, -0.15) is 0 Å². The lowest BCUT2D eigenvalue weighted by molar-refractivity contribution is -0.137. The zero-order valence-corrected chi connectivity index (χ0v) is 17.4. The van der Waals surface area contributed by atoms with Crippen LogP contribution in [0.3, 0.4) is 0 Å². The number of thioether (sulfide) groups is 1. The van der Waals surface area contributed by atoms with E-state index in [-0.39, 0.29) is 0 Å². The lowest BCUT2D eigenvalue weighted by Gasteiger charge is -2.37. The van der Waals surface area contributed by atoms with Crippen LogP contribution in [0.5, 0.6) is 0 Å². The van der Waals surface area contributed by atoms with Crippen LogP contribution in [0.4, 0.5) is 0 Å². The monoisotopic (exact) mass is 423 g/mol. The van der Waals surface area contributed by atoms with Crippen LogP contribution >= 0.6 is 23.4 Å². The quantitative estimate of drug-likeness (QED) is 0.614. The average molecular weight is 424 g/mol. The third kappa shape index (κ3) is 3.68. The first kappa shape index (κ1) is 20.0. The van der Waals surface area contributed by atoms with E-state index >= 15 is 0 Å². The molecule has 0 heterocycles. The van der Waals surface area contributed by atoms with Crippen molar-refractivity contribution in [3.8, 4) is 0 Å². The third-order valence-electron chi connectivity index (χ3n) is 5.50. The van der Waals surface area contributed by atoms with Crippen LogP contribution in [0.2, 0.25) is 5.02 Å². The number of hydrogen-bond donors (Lipinski definition) is 2. The highest BCUT2D eigenvalue weighted by Crippen LogP contribution is 2.52. The van der Waals surface area contributed by atoms with Gasteiger partial charge < -0.3 is 10.8 Å². The lowest BCUT2D eigenvalue weighted by atomic mass is 9.81. The van der Waals surface area contributed by atoms with Crippen molar-refractivity contribution < 1.29 is 9.90 Å². The molecule has 3 nitrogen and oxygen atoms in total. The molecule has 0 saturated carbocycles. The van der Waals surface area contributed by atoms with Gasteiger partial charge in [-0.15, -0.1) is 11.8 Å². The van der Waals surface area contributed by atoms with E-state index in [4.69, 9.17) is 17.3 Å². The van der Waals surface area contributed by atoms with E-state index in [1.165, 1.54) is 22.3 Å². The molecule has 1 atom stereocenters. The number of carbonyl (C=O) groups is 1. The molecule has 29 heavy (non-hydrogen) atoms. The number of hydrogen-bond acceptors (Lipinski definition) is 3. The number of aliphatic carboxylic acids is 1. The summed E-state index contributed by atoms with van der Waals surface area (Å²) >= 11 is 7.78. The standard InChI is InChI=1S/C24H22ClNO2S/c25-19-13-11-18(12-14-19)24(29-15-22(26)23(27)28)20-7-3-1-5-16(20)9-10-17-6-2-4-8-21(17)24/h1-8,11-14,22H,9-10,15,26H2,(H,27,28)/t22-/m0/s1. The summed E-state index contributed by atoms with van der Waals surface area (Å²) in [6.45, 7) is 0. The van der Waals surface area contributed by atoms with Crippen molar-refractivity contribution >= 4 is 29.3 Å². The van der Waals surface area contributed by atoms with Gasteiger partial charge in [-0.1, -0.05) is 72.3 Å². The first-order valence-electron chi connectivity index (χ1n) is 9.57. The van der Waals surface area contributed by atoms with Gasteiger partial charge in [-0.3, -0.25) is 4.79 Å². The summed E-state index contributed by atoms with van der Waals surface area (Å²) < 4.78 is -0.554. The van der Waals surface area contributed by atoms with E-state index in [9.17, 15) is 9.90 Å². The van der Waals surface area contributed by atoms with Crippen LogP contribution in [0.15, 0.2) is 72.8 Å². The van der Waals surface area contributed by atoms with E-state index in [1.54, 1.807) is 11.8 Å². The Balaban J connectivity index is 2.00. The average Bonchev–Trinajstić information content (AvgIpc) is 2.88. The van der Waals surface area contributed by atoms with Crippen molar-refractivity contribution in [2.75, 3.05) is 5.75 Å². The predicted octanol–water partition coefficient (Wildman–Crippen LogP) is 4.88. The molecule has 0 saturated heterocycles. The zero-order valence-electron chi connectivity index (χ0n) is 15.8. The largest absolute Gasteiger partial charge is 0.480 e. The summed E-state index contributed by atoms with van der Waals surface area (Å²) in [6.07, 6.45) is 1.88. The van der Waals surface area contributed by atoms with Gasteiger partial charge in [0.05, 0.1) is 4.75 Å². The summed E-state index contributed by atoms with van der Waals surface area (Å²) in [7, 11) is 0. The molecule has 5 heteroatoms. The minimum Gasteiger partial charge on any atom is -0.480 e. The van der Waals surface area contributed by atoms with E-state index in [1.807, 2.05) is 24.3 Å². The van der Waals surface area contributed by atoms with Crippen molar-refractivity contribution in [1.82, 2.24) is 0 Å². The third-order valence-corrected chi connectivity index (χ3v) is 7.39. The van der Waals surface area contributed by atoms with Crippen LogP contribution < -0.4 is 5.73 Å². The Morgan fingerprint density at radius 2 is 1.48 bits per heavy atom. The molecule has 0 aromatic heterocycles. The molecule has 3 aromatic rings. The predicted molar refractivity (Wildman–Crippen MR) is 120 cm³/mol. The highest BCUT2D eigenvalue weighted by molar-refractivity contribution is 8.00. The molecule has 0 bridgehead atoms. The van der Waals surface area contributed by atoms with Gasteiger partial charge in [0, 0.05) is 10.8 Å². The van der Waals surface area contributed by atoms with E-state index in [2.05, 4.69) is 48.5 Å². The highest BCUT2D eigenvalue weighted by Gasteiger charge is 2.42. The zero-order chi connectivity index (χ0) is 20.4. The van der Waals surface area contributed by atoms with Crippen LogP contribution in [-0.2, 0) is 22.4 Å². The fourth-order valence-corrected chi connectivity index (χ4v) is 5.81. The minimum atomic E-state index is -0.987. The van der Waals surface area contributed by atoms with Crippen LogP contribution in [0.1, 0.15) is 27.8 Å². The van der Waals surface area contributed by atoms with Crippen LogP contribution in [0, 0.1) is 0 Å². The molecule has 0 amide bonds. The highest BCUT2D eigenvalue weighted by atomic mass is 35.5. The summed E-state index contributed by atoms with van der Waals surface area (Å²) in [5, 5.41) is 10.1. The molecule has 0 unspecified atom stereocenters. The van der Waals surface area contributed by atoms with E-state index < -0.39 is 16.8 Å². The van der Waals surface area contributed by atoms with Gasteiger partial charge in [0.15, 0.2) is 0 Å². The molecular weight excluding hydrogens is 402 g/mol. The first-order valence-corrected chi connectivity index (χ1v) is 10.9. The Kier molecular flexibility index (Phi) is 5.68. The number of carboxylic acids is 1. The second kappa shape index (κ2) is 8.23. The summed E-state index contributed by atoms with van der Waals surface area (Å²) in [5.41, 5.74) is 11.9.